The van der Waals surface area contributed by atoms with Gasteiger partial charge in [-0.25, -0.2) is 0 Å². The number of nitrogens with zero attached hydrogens (tertiary/aromatic N) is 2. The summed E-state index contributed by atoms with van der Waals surface area (Å²) in [4.78, 5) is 32.8. The van der Waals surface area contributed by atoms with Gasteiger partial charge in [-0.2, -0.15) is 0 Å². The van der Waals surface area contributed by atoms with E-state index in [0.717, 1.165) is 17.8 Å². The van der Waals surface area contributed by atoms with Crippen LogP contribution in [-0.4, -0.2) is 48.8 Å². The lowest BCUT2D eigenvalue weighted by molar-refractivity contribution is -0.858. The van der Waals surface area contributed by atoms with Gasteiger partial charge in [0.05, 0.1) is 26.7 Å². The summed E-state index contributed by atoms with van der Waals surface area (Å²) in [6, 6.07) is 6.26. The first-order chi connectivity index (χ1) is 12.5. The maximum absolute atomic E-state index is 13.0. The van der Waals surface area contributed by atoms with Gasteiger partial charge in [-0.05, 0) is 29.1 Å². The average molecular weight is 371 g/mol. The van der Waals surface area contributed by atoms with E-state index in [-0.39, 0.29) is 5.57 Å². The third kappa shape index (κ3) is 3.54. The highest BCUT2D eigenvalue weighted by molar-refractivity contribution is 7.10. The number of pyridine rings is 1. The molecule has 0 bridgehead atoms. The first kappa shape index (κ1) is 18.3. The summed E-state index contributed by atoms with van der Waals surface area (Å²) in [6.45, 7) is 1.33. The van der Waals surface area contributed by atoms with Crippen molar-refractivity contribution in [3.8, 4) is 0 Å². The van der Waals surface area contributed by atoms with Crippen molar-refractivity contribution in [2.45, 2.75) is 12.5 Å². The maximum atomic E-state index is 13.0. The topological polar surface area (TPSA) is 77.8 Å². The van der Waals surface area contributed by atoms with Gasteiger partial charge in [0.25, 0.3) is 5.91 Å². The zero-order chi connectivity index (χ0) is 18.7. The highest BCUT2D eigenvalue weighted by atomic mass is 32.1. The Morgan fingerprint density at radius 1 is 1.27 bits per heavy atom. The molecule has 26 heavy (non-hydrogen) atoms. The maximum Gasteiger partial charge on any atom is 0.295 e. The van der Waals surface area contributed by atoms with Gasteiger partial charge in [0.2, 0.25) is 5.78 Å². The van der Waals surface area contributed by atoms with Gasteiger partial charge >= 0.3 is 0 Å². The van der Waals surface area contributed by atoms with E-state index in [0.29, 0.717) is 12.1 Å². The Hall–Kier alpha value is -2.51. The molecule has 6 nitrogen and oxygen atoms in total. The normalized spacial score (nSPS) is 19.5. The summed E-state index contributed by atoms with van der Waals surface area (Å²) in [7, 11) is 4.08. The molecule has 2 aromatic rings. The molecule has 7 heteroatoms. The first-order valence-electron chi connectivity index (χ1n) is 8.50. The van der Waals surface area contributed by atoms with Gasteiger partial charge in [-0.15, -0.1) is 11.3 Å². The summed E-state index contributed by atoms with van der Waals surface area (Å²) in [6.07, 6.45) is 3.78. The van der Waals surface area contributed by atoms with E-state index in [2.05, 4.69) is 4.98 Å². The molecule has 1 atom stereocenters. The van der Waals surface area contributed by atoms with Crippen LogP contribution in [0.3, 0.4) is 0 Å². The van der Waals surface area contributed by atoms with Crippen LogP contribution in [0.1, 0.15) is 22.9 Å². The van der Waals surface area contributed by atoms with Crippen molar-refractivity contribution in [2.75, 3.05) is 27.2 Å². The number of nitrogens with one attached hydrogen (secondary N) is 1. The molecule has 1 fully saturated rings. The third-order valence-electron chi connectivity index (χ3n) is 4.36. The highest BCUT2D eigenvalue weighted by Gasteiger charge is 2.44. The van der Waals surface area contributed by atoms with Crippen molar-refractivity contribution in [2.24, 2.45) is 0 Å². The van der Waals surface area contributed by atoms with E-state index in [1.165, 1.54) is 28.6 Å². The SMILES string of the molecule is C[NH+](C)CCCN1C(=O)C(=O)C(=C([O-])c2ccncc2)C1c1cccs1. The smallest absolute Gasteiger partial charge is 0.295 e. The fraction of sp³-hybridized carbons (Fsp3) is 0.316. The fourth-order valence-electron chi connectivity index (χ4n) is 3.11. The van der Waals surface area contributed by atoms with E-state index in [9.17, 15) is 14.7 Å². The molecule has 0 aliphatic carbocycles. The predicted molar refractivity (Wildman–Crippen MR) is 97.2 cm³/mol. The molecule has 1 amide bonds. The Balaban J connectivity index is 2.02. The number of carbonyl (C=O) groups excluding carboxylic acids is 2. The zero-order valence-electron chi connectivity index (χ0n) is 14.8. The summed E-state index contributed by atoms with van der Waals surface area (Å²) in [5.41, 5.74) is 0.415. The number of likely N-dealkylation sites (tertiary alicyclic amines) is 1. The Morgan fingerprint density at radius 2 is 2.00 bits per heavy atom. The molecule has 1 saturated heterocycles. The van der Waals surface area contributed by atoms with Crippen LogP contribution in [0, 0.1) is 0 Å². The first-order valence-corrected chi connectivity index (χ1v) is 9.38. The molecule has 0 radical (unpaired) electrons. The molecular formula is C19H21N3O3S. The molecule has 3 rings (SSSR count). The van der Waals surface area contributed by atoms with Crippen LogP contribution in [0.25, 0.3) is 5.76 Å². The molecular weight excluding hydrogens is 350 g/mol. The molecule has 0 spiro atoms. The second-order valence-electron chi connectivity index (χ2n) is 6.53. The number of rotatable bonds is 6. The van der Waals surface area contributed by atoms with Crippen LogP contribution in [0.5, 0.6) is 0 Å². The number of hydrogen-bond donors (Lipinski definition) is 1. The molecule has 1 unspecified atom stereocenters. The number of Topliss-reactive ketones (excluding diaryl/α,β-unsaturated/α-hetero) is 1. The minimum Gasteiger partial charge on any atom is -0.872 e. The van der Waals surface area contributed by atoms with Crippen LogP contribution < -0.4 is 10.0 Å². The number of amides is 1. The van der Waals surface area contributed by atoms with E-state index in [1.807, 2.05) is 31.6 Å². The standard InChI is InChI=1S/C19H21N3O3S/c1-21(2)10-4-11-22-16(14-5-3-12-26-14)15(18(24)19(22)25)17(23)13-6-8-20-9-7-13/h3,5-9,12,16,23H,4,10-11H2,1-2H3. The van der Waals surface area contributed by atoms with Crippen LogP contribution in [-0.2, 0) is 9.59 Å². The minimum atomic E-state index is -0.692. The van der Waals surface area contributed by atoms with E-state index >= 15 is 0 Å². The predicted octanol–water partition coefficient (Wildman–Crippen LogP) is -0.0983. The van der Waals surface area contributed by atoms with Crippen LogP contribution >= 0.6 is 11.3 Å². The lowest BCUT2D eigenvalue weighted by Crippen LogP contribution is -3.05. The van der Waals surface area contributed by atoms with Gasteiger partial charge < -0.3 is 14.9 Å². The van der Waals surface area contributed by atoms with Crippen molar-refractivity contribution in [1.29, 1.82) is 0 Å². The number of thiophene rings is 1. The molecule has 2 aromatic heterocycles. The molecule has 1 aliphatic rings. The van der Waals surface area contributed by atoms with E-state index in [1.54, 1.807) is 17.0 Å². The Labute approximate surface area is 156 Å². The quantitative estimate of drug-likeness (QED) is 0.437. The lowest BCUT2D eigenvalue weighted by Gasteiger charge is -2.26. The highest BCUT2D eigenvalue weighted by Crippen LogP contribution is 2.40. The van der Waals surface area contributed by atoms with Crippen molar-refractivity contribution in [3.05, 3.63) is 58.1 Å². The number of quaternary nitrogens is 1. The summed E-state index contributed by atoms with van der Waals surface area (Å²) in [5.74, 6) is -1.68. The lowest BCUT2D eigenvalue weighted by atomic mass is 10.0. The number of ketones is 1. The molecule has 0 aromatic carbocycles. The molecule has 0 saturated carbocycles. The van der Waals surface area contributed by atoms with E-state index < -0.39 is 23.5 Å². The van der Waals surface area contributed by atoms with Gasteiger partial charge in [0.15, 0.2) is 0 Å². The number of aromatic nitrogens is 1. The Morgan fingerprint density at radius 3 is 2.62 bits per heavy atom. The Kier molecular flexibility index (Phi) is 5.49. The number of carbonyl (C=O) groups is 2. The molecule has 3 heterocycles. The van der Waals surface area contributed by atoms with Gasteiger partial charge in [-0.1, -0.05) is 11.8 Å². The van der Waals surface area contributed by atoms with Crippen molar-refractivity contribution < 1.29 is 19.6 Å². The summed E-state index contributed by atoms with van der Waals surface area (Å²) < 4.78 is 0. The fourth-order valence-corrected chi connectivity index (χ4v) is 3.95. The molecule has 1 aliphatic heterocycles. The van der Waals surface area contributed by atoms with E-state index in [4.69, 9.17) is 0 Å². The van der Waals surface area contributed by atoms with Gasteiger partial charge in [-0.3, -0.25) is 14.6 Å². The van der Waals surface area contributed by atoms with Crippen LogP contribution in [0.2, 0.25) is 0 Å². The molecule has 1 N–H and O–H groups in total. The van der Waals surface area contributed by atoms with Crippen LogP contribution in [0.4, 0.5) is 0 Å². The van der Waals surface area contributed by atoms with Crippen molar-refractivity contribution in [1.82, 2.24) is 9.88 Å². The summed E-state index contributed by atoms with van der Waals surface area (Å²) in [5, 5.41) is 14.9. The molecule has 136 valence electrons. The van der Waals surface area contributed by atoms with Gasteiger partial charge in [0, 0.05) is 35.8 Å². The van der Waals surface area contributed by atoms with Crippen LogP contribution in [0.15, 0.2) is 47.6 Å². The van der Waals surface area contributed by atoms with Crippen molar-refractivity contribution in [3.63, 3.8) is 0 Å². The Bertz CT molecular complexity index is 816. The largest absolute Gasteiger partial charge is 0.872 e. The monoisotopic (exact) mass is 371 g/mol. The number of hydrogen-bond acceptors (Lipinski definition) is 5. The zero-order valence-corrected chi connectivity index (χ0v) is 15.6. The average Bonchev–Trinajstić information content (AvgIpc) is 3.24. The second-order valence-corrected chi connectivity index (χ2v) is 7.51. The second kappa shape index (κ2) is 7.80. The third-order valence-corrected chi connectivity index (χ3v) is 5.29. The van der Waals surface area contributed by atoms with Gasteiger partial charge in [0.1, 0.15) is 0 Å². The van der Waals surface area contributed by atoms with Crippen molar-refractivity contribution >= 4 is 28.8 Å². The summed E-state index contributed by atoms with van der Waals surface area (Å²) >= 11 is 1.45. The minimum absolute atomic E-state index is 0.0425.